The number of ether oxygens (including phenoxy) is 1. The number of fused-ring (bicyclic) bond motifs is 1. The summed E-state index contributed by atoms with van der Waals surface area (Å²) in [5, 5.41) is 13.3. The Labute approximate surface area is 154 Å². The smallest absolute Gasteiger partial charge is 0.276 e. The van der Waals surface area contributed by atoms with Crippen LogP contribution in [0.25, 0.3) is 0 Å². The highest BCUT2D eigenvalue weighted by Crippen LogP contribution is 2.19. The number of aromatic amines is 1. The normalized spacial score (nSPS) is 13.1. The maximum atomic E-state index is 12.4. The van der Waals surface area contributed by atoms with Crippen molar-refractivity contribution >= 4 is 24.0 Å². The van der Waals surface area contributed by atoms with Crippen molar-refractivity contribution in [1.29, 1.82) is 0 Å². The zero-order chi connectivity index (χ0) is 16.9. The second-order valence-corrected chi connectivity index (χ2v) is 6.47. The van der Waals surface area contributed by atoms with Crippen LogP contribution in [0.2, 0.25) is 0 Å². The Kier molecular flexibility index (Phi) is 6.84. The van der Waals surface area contributed by atoms with Gasteiger partial charge in [-0.1, -0.05) is 13.8 Å². The van der Waals surface area contributed by atoms with Gasteiger partial charge in [-0.15, -0.1) is 12.4 Å². The van der Waals surface area contributed by atoms with Crippen molar-refractivity contribution in [3.05, 3.63) is 41.2 Å². The van der Waals surface area contributed by atoms with Crippen LogP contribution in [0.3, 0.4) is 0 Å². The maximum Gasteiger partial charge on any atom is 0.276 e. The highest BCUT2D eigenvalue weighted by Gasteiger charge is 2.21. The summed E-state index contributed by atoms with van der Waals surface area (Å²) in [4.78, 5) is 12.4. The van der Waals surface area contributed by atoms with Crippen LogP contribution < -0.4 is 15.4 Å². The van der Waals surface area contributed by atoms with Crippen molar-refractivity contribution in [2.75, 3.05) is 18.5 Å². The van der Waals surface area contributed by atoms with Crippen molar-refractivity contribution < 1.29 is 9.53 Å². The topological polar surface area (TPSA) is 79.0 Å². The highest BCUT2D eigenvalue weighted by molar-refractivity contribution is 6.04. The molecule has 0 atom stereocenters. The van der Waals surface area contributed by atoms with Gasteiger partial charge in [0.15, 0.2) is 5.69 Å². The highest BCUT2D eigenvalue weighted by atomic mass is 35.5. The molecule has 7 heteroatoms. The number of rotatable bonds is 6. The van der Waals surface area contributed by atoms with E-state index in [9.17, 15) is 4.79 Å². The van der Waals surface area contributed by atoms with Crippen molar-refractivity contribution in [1.82, 2.24) is 15.5 Å². The van der Waals surface area contributed by atoms with Gasteiger partial charge in [-0.3, -0.25) is 9.89 Å². The first kappa shape index (κ1) is 19.3. The first-order valence-electron chi connectivity index (χ1n) is 8.44. The lowest BCUT2D eigenvalue weighted by atomic mass is 10.1. The van der Waals surface area contributed by atoms with Gasteiger partial charge in [0, 0.05) is 36.5 Å². The van der Waals surface area contributed by atoms with E-state index < -0.39 is 0 Å². The summed E-state index contributed by atoms with van der Waals surface area (Å²) < 4.78 is 5.69. The summed E-state index contributed by atoms with van der Waals surface area (Å²) >= 11 is 0. The minimum absolute atomic E-state index is 0. The number of nitrogens with zero attached hydrogens (tertiary/aromatic N) is 1. The van der Waals surface area contributed by atoms with E-state index in [1.165, 1.54) is 0 Å². The number of anilines is 1. The zero-order valence-corrected chi connectivity index (χ0v) is 15.4. The molecule has 0 saturated carbocycles. The average Bonchev–Trinajstić information content (AvgIpc) is 3.00. The van der Waals surface area contributed by atoms with E-state index in [0.717, 1.165) is 42.1 Å². The molecule has 1 aliphatic rings. The van der Waals surface area contributed by atoms with E-state index in [-0.39, 0.29) is 18.3 Å². The molecule has 1 aliphatic heterocycles. The van der Waals surface area contributed by atoms with Gasteiger partial charge < -0.3 is 15.4 Å². The summed E-state index contributed by atoms with van der Waals surface area (Å²) in [5.74, 6) is 1.25. The van der Waals surface area contributed by atoms with Crippen LogP contribution in [-0.4, -0.2) is 29.3 Å². The van der Waals surface area contributed by atoms with E-state index in [1.807, 2.05) is 24.3 Å². The molecule has 1 aromatic heterocycles. The molecule has 0 bridgehead atoms. The second kappa shape index (κ2) is 8.87. The fraction of sp³-hybridized carbons (Fsp3) is 0.444. The standard InChI is InChI=1S/C18H24N4O2.ClH/c1-12(2)8-10-24-14-5-3-13(4-6-14)20-18(23)17-15-11-19-9-7-16(15)21-22-17;/h3-6,12,19H,7-11H2,1-2H3,(H,20,23)(H,21,22);1H. The molecule has 25 heavy (non-hydrogen) atoms. The lowest BCUT2D eigenvalue weighted by Gasteiger charge is -2.13. The molecule has 1 aromatic carbocycles. The van der Waals surface area contributed by atoms with Gasteiger partial charge in [0.1, 0.15) is 5.75 Å². The van der Waals surface area contributed by atoms with Crippen LogP contribution >= 0.6 is 12.4 Å². The zero-order valence-electron chi connectivity index (χ0n) is 14.6. The number of benzene rings is 1. The number of carbonyl (C=O) groups is 1. The molecule has 0 aliphatic carbocycles. The predicted octanol–water partition coefficient (Wildman–Crippen LogP) is 3.15. The first-order valence-corrected chi connectivity index (χ1v) is 8.44. The van der Waals surface area contributed by atoms with Gasteiger partial charge in [-0.2, -0.15) is 5.10 Å². The van der Waals surface area contributed by atoms with Crippen molar-refractivity contribution in [3.8, 4) is 5.75 Å². The third-order valence-corrected chi connectivity index (χ3v) is 4.10. The van der Waals surface area contributed by atoms with Crippen LogP contribution in [0.4, 0.5) is 5.69 Å². The molecule has 0 fully saturated rings. The number of H-pyrrole nitrogens is 1. The summed E-state index contributed by atoms with van der Waals surface area (Å²) in [6.45, 7) is 6.64. The quantitative estimate of drug-likeness (QED) is 0.735. The van der Waals surface area contributed by atoms with Crippen LogP contribution in [0, 0.1) is 5.92 Å². The molecule has 6 nitrogen and oxygen atoms in total. The van der Waals surface area contributed by atoms with Crippen molar-refractivity contribution in [2.24, 2.45) is 5.92 Å². The molecule has 3 N–H and O–H groups in total. The van der Waals surface area contributed by atoms with Gasteiger partial charge in [0.25, 0.3) is 5.91 Å². The average molecular weight is 365 g/mol. The summed E-state index contributed by atoms with van der Waals surface area (Å²) in [5.41, 5.74) is 3.21. The number of aromatic nitrogens is 2. The Bertz CT molecular complexity index is 698. The Hall–Kier alpha value is -2.05. The number of hydrogen-bond acceptors (Lipinski definition) is 4. The Morgan fingerprint density at radius 3 is 2.80 bits per heavy atom. The molecular formula is C18H25ClN4O2. The van der Waals surface area contributed by atoms with E-state index in [2.05, 4.69) is 34.7 Å². The van der Waals surface area contributed by atoms with Gasteiger partial charge in [0.05, 0.1) is 6.61 Å². The lowest BCUT2D eigenvalue weighted by molar-refractivity contribution is 0.102. The number of carbonyl (C=O) groups excluding carboxylic acids is 1. The molecule has 0 unspecified atom stereocenters. The fourth-order valence-corrected chi connectivity index (χ4v) is 2.65. The molecule has 3 rings (SSSR count). The number of amides is 1. The predicted molar refractivity (Wildman–Crippen MR) is 101 cm³/mol. The van der Waals surface area contributed by atoms with Crippen LogP contribution in [0.1, 0.15) is 42.0 Å². The van der Waals surface area contributed by atoms with Gasteiger partial charge >= 0.3 is 0 Å². The first-order chi connectivity index (χ1) is 11.6. The van der Waals surface area contributed by atoms with Crippen molar-refractivity contribution in [3.63, 3.8) is 0 Å². The minimum atomic E-state index is -0.190. The van der Waals surface area contributed by atoms with Crippen molar-refractivity contribution in [2.45, 2.75) is 33.2 Å². The molecule has 136 valence electrons. The Balaban J connectivity index is 0.00000225. The Morgan fingerprint density at radius 2 is 2.08 bits per heavy atom. The van der Waals surface area contributed by atoms with Crippen LogP contribution in [0.15, 0.2) is 24.3 Å². The van der Waals surface area contributed by atoms with Crippen LogP contribution in [0.5, 0.6) is 5.75 Å². The molecular weight excluding hydrogens is 340 g/mol. The number of hydrogen-bond donors (Lipinski definition) is 3. The summed E-state index contributed by atoms with van der Waals surface area (Å²) in [6.07, 6.45) is 1.90. The molecule has 2 heterocycles. The fourth-order valence-electron chi connectivity index (χ4n) is 2.65. The number of halogens is 1. The van der Waals surface area contributed by atoms with E-state index >= 15 is 0 Å². The lowest BCUT2D eigenvalue weighted by Crippen LogP contribution is -2.25. The summed E-state index contributed by atoms with van der Waals surface area (Å²) in [6, 6.07) is 7.44. The third kappa shape index (κ3) is 4.96. The van der Waals surface area contributed by atoms with Gasteiger partial charge in [-0.25, -0.2) is 0 Å². The monoisotopic (exact) mass is 364 g/mol. The second-order valence-electron chi connectivity index (χ2n) is 6.47. The number of nitrogens with one attached hydrogen (secondary N) is 3. The summed E-state index contributed by atoms with van der Waals surface area (Å²) in [7, 11) is 0. The van der Waals surface area contributed by atoms with E-state index in [4.69, 9.17) is 4.74 Å². The SMILES string of the molecule is CC(C)CCOc1ccc(NC(=O)c2n[nH]c3c2CNCC3)cc1.Cl. The molecule has 0 spiro atoms. The van der Waals surface area contributed by atoms with Gasteiger partial charge in [0.2, 0.25) is 0 Å². The van der Waals surface area contributed by atoms with Gasteiger partial charge in [-0.05, 0) is 36.6 Å². The third-order valence-electron chi connectivity index (χ3n) is 4.10. The minimum Gasteiger partial charge on any atom is -0.494 e. The largest absolute Gasteiger partial charge is 0.494 e. The maximum absolute atomic E-state index is 12.4. The Morgan fingerprint density at radius 1 is 1.32 bits per heavy atom. The molecule has 2 aromatic rings. The molecule has 1 amide bonds. The van der Waals surface area contributed by atoms with Crippen LogP contribution in [-0.2, 0) is 13.0 Å². The van der Waals surface area contributed by atoms with E-state index in [1.54, 1.807) is 0 Å². The van der Waals surface area contributed by atoms with E-state index in [0.29, 0.717) is 24.8 Å². The molecule has 0 radical (unpaired) electrons. The molecule has 0 saturated heterocycles.